The molecule has 0 radical (unpaired) electrons. The van der Waals surface area contributed by atoms with Crippen LogP contribution in [-0.4, -0.2) is 43.6 Å². The van der Waals surface area contributed by atoms with Gasteiger partial charge in [0.05, 0.1) is 6.61 Å². The summed E-state index contributed by atoms with van der Waals surface area (Å²) in [7, 11) is 1.76. The zero-order chi connectivity index (χ0) is 8.81. The topological polar surface area (TPSA) is 12.5 Å². The molecule has 1 aliphatic carbocycles. The molecule has 3 heteroatoms. The molecule has 0 bridgehead atoms. The highest BCUT2D eigenvalue weighted by atomic mass is 35.5. The minimum atomic E-state index is 0.774. The maximum Gasteiger partial charge on any atom is 0.0589 e. The predicted octanol–water partition coefficient (Wildman–Crippen LogP) is 1.73. The van der Waals surface area contributed by atoms with Crippen molar-refractivity contribution in [3.05, 3.63) is 0 Å². The van der Waals surface area contributed by atoms with Crippen molar-refractivity contribution >= 4 is 11.6 Å². The number of methoxy groups -OCH3 is 1. The van der Waals surface area contributed by atoms with Crippen LogP contribution in [0.5, 0.6) is 0 Å². The molecular formula is C9H18ClNO. The zero-order valence-electron chi connectivity index (χ0n) is 7.76. The Balaban J connectivity index is 2.09. The first kappa shape index (κ1) is 10.3. The summed E-state index contributed by atoms with van der Waals surface area (Å²) in [6.45, 7) is 3.05. The fourth-order valence-electron chi connectivity index (χ4n) is 1.39. The summed E-state index contributed by atoms with van der Waals surface area (Å²) in [5, 5.41) is 0. The molecule has 0 atom stereocenters. The number of halogens is 1. The van der Waals surface area contributed by atoms with Crippen LogP contribution in [0.3, 0.4) is 0 Å². The lowest BCUT2D eigenvalue weighted by molar-refractivity contribution is 0.144. The van der Waals surface area contributed by atoms with Gasteiger partial charge in [0, 0.05) is 25.6 Å². The van der Waals surface area contributed by atoms with Crippen LogP contribution >= 0.6 is 11.6 Å². The van der Waals surface area contributed by atoms with E-state index >= 15 is 0 Å². The molecule has 0 aliphatic heterocycles. The first-order chi connectivity index (χ1) is 5.88. The zero-order valence-corrected chi connectivity index (χ0v) is 8.52. The van der Waals surface area contributed by atoms with Crippen LogP contribution in [0.15, 0.2) is 0 Å². The van der Waals surface area contributed by atoms with E-state index < -0.39 is 0 Å². The number of hydrogen-bond donors (Lipinski definition) is 0. The molecule has 1 rings (SSSR count). The maximum atomic E-state index is 5.65. The Hall–Kier alpha value is 0.210. The van der Waals surface area contributed by atoms with Crippen LogP contribution in [0.4, 0.5) is 0 Å². The van der Waals surface area contributed by atoms with Crippen molar-refractivity contribution in [2.24, 2.45) is 0 Å². The van der Waals surface area contributed by atoms with E-state index in [9.17, 15) is 0 Å². The van der Waals surface area contributed by atoms with Gasteiger partial charge in [-0.2, -0.15) is 0 Å². The second kappa shape index (κ2) is 5.79. The summed E-state index contributed by atoms with van der Waals surface area (Å²) in [6, 6.07) is 0.836. The molecule has 0 amide bonds. The molecule has 1 saturated carbocycles. The van der Waals surface area contributed by atoms with Crippen LogP contribution in [0.1, 0.15) is 19.3 Å². The van der Waals surface area contributed by atoms with Crippen molar-refractivity contribution < 1.29 is 4.74 Å². The van der Waals surface area contributed by atoms with Gasteiger partial charge in [0.15, 0.2) is 0 Å². The molecule has 0 spiro atoms. The number of rotatable bonds is 7. The number of ether oxygens (including phenoxy) is 1. The van der Waals surface area contributed by atoms with Gasteiger partial charge >= 0.3 is 0 Å². The lowest BCUT2D eigenvalue weighted by atomic mass is 10.4. The van der Waals surface area contributed by atoms with Crippen LogP contribution < -0.4 is 0 Å². The summed E-state index contributed by atoms with van der Waals surface area (Å²) in [5.41, 5.74) is 0. The molecule has 0 aromatic heterocycles. The normalized spacial score (nSPS) is 17.2. The summed E-state index contributed by atoms with van der Waals surface area (Å²) in [4.78, 5) is 2.49. The van der Waals surface area contributed by atoms with E-state index in [0.717, 1.165) is 38.0 Å². The second-order valence-electron chi connectivity index (χ2n) is 3.30. The Morgan fingerprint density at radius 3 is 2.67 bits per heavy atom. The molecule has 0 aromatic carbocycles. The molecule has 2 nitrogen and oxygen atoms in total. The van der Waals surface area contributed by atoms with Gasteiger partial charge in [-0.05, 0) is 25.8 Å². The van der Waals surface area contributed by atoms with Gasteiger partial charge in [0.1, 0.15) is 0 Å². The van der Waals surface area contributed by atoms with Crippen molar-refractivity contribution in [2.75, 3.05) is 32.7 Å². The Morgan fingerprint density at radius 1 is 1.42 bits per heavy atom. The minimum Gasteiger partial charge on any atom is -0.383 e. The molecule has 1 fully saturated rings. The van der Waals surface area contributed by atoms with Gasteiger partial charge in [-0.1, -0.05) is 0 Å². The second-order valence-corrected chi connectivity index (χ2v) is 3.68. The van der Waals surface area contributed by atoms with Gasteiger partial charge in [-0.3, -0.25) is 4.90 Å². The minimum absolute atomic E-state index is 0.774. The van der Waals surface area contributed by atoms with Gasteiger partial charge in [0.25, 0.3) is 0 Å². The number of alkyl halides is 1. The van der Waals surface area contributed by atoms with E-state index in [1.807, 2.05) is 0 Å². The quantitative estimate of drug-likeness (QED) is 0.569. The lowest BCUT2D eigenvalue weighted by Crippen LogP contribution is -2.30. The van der Waals surface area contributed by atoms with Gasteiger partial charge in [0.2, 0.25) is 0 Å². The van der Waals surface area contributed by atoms with Gasteiger partial charge in [-0.25, -0.2) is 0 Å². The smallest absolute Gasteiger partial charge is 0.0589 e. The molecule has 12 heavy (non-hydrogen) atoms. The largest absolute Gasteiger partial charge is 0.383 e. The SMILES string of the molecule is COCCN(CCCCl)C1CC1. The van der Waals surface area contributed by atoms with E-state index in [-0.39, 0.29) is 0 Å². The van der Waals surface area contributed by atoms with E-state index in [1.54, 1.807) is 7.11 Å². The summed E-state index contributed by atoms with van der Waals surface area (Å²) >= 11 is 5.65. The Morgan fingerprint density at radius 2 is 2.17 bits per heavy atom. The molecule has 0 saturated heterocycles. The van der Waals surface area contributed by atoms with Gasteiger partial charge in [-0.15, -0.1) is 11.6 Å². The molecule has 0 unspecified atom stereocenters. The first-order valence-electron chi connectivity index (χ1n) is 4.67. The third-order valence-electron chi connectivity index (χ3n) is 2.22. The van der Waals surface area contributed by atoms with E-state index in [1.165, 1.54) is 12.8 Å². The Labute approximate surface area is 79.8 Å². The highest BCUT2D eigenvalue weighted by Gasteiger charge is 2.27. The van der Waals surface area contributed by atoms with Crippen molar-refractivity contribution in [3.8, 4) is 0 Å². The molecular weight excluding hydrogens is 174 g/mol. The predicted molar refractivity (Wildman–Crippen MR) is 51.8 cm³/mol. The lowest BCUT2D eigenvalue weighted by Gasteiger charge is -2.20. The molecule has 72 valence electrons. The number of hydrogen-bond acceptors (Lipinski definition) is 2. The van der Waals surface area contributed by atoms with Crippen LogP contribution in [0.2, 0.25) is 0 Å². The van der Waals surface area contributed by atoms with Crippen molar-refractivity contribution in [1.29, 1.82) is 0 Å². The van der Waals surface area contributed by atoms with Crippen LogP contribution in [-0.2, 0) is 4.74 Å². The van der Waals surface area contributed by atoms with Crippen molar-refractivity contribution in [2.45, 2.75) is 25.3 Å². The first-order valence-corrected chi connectivity index (χ1v) is 5.21. The van der Waals surface area contributed by atoms with Crippen LogP contribution in [0, 0.1) is 0 Å². The average molecular weight is 192 g/mol. The summed E-state index contributed by atoms with van der Waals surface area (Å²) in [6.07, 6.45) is 3.83. The standard InChI is InChI=1S/C9H18ClNO/c1-12-8-7-11(6-2-5-10)9-3-4-9/h9H,2-8H2,1H3. The van der Waals surface area contributed by atoms with Crippen molar-refractivity contribution in [1.82, 2.24) is 4.90 Å². The summed E-state index contributed by atoms with van der Waals surface area (Å²) in [5.74, 6) is 0.774. The Bertz CT molecular complexity index is 109. The molecule has 0 heterocycles. The fourth-order valence-corrected chi connectivity index (χ4v) is 1.51. The van der Waals surface area contributed by atoms with E-state index in [0.29, 0.717) is 0 Å². The van der Waals surface area contributed by atoms with Crippen LogP contribution in [0.25, 0.3) is 0 Å². The number of nitrogens with zero attached hydrogens (tertiary/aromatic N) is 1. The van der Waals surface area contributed by atoms with Gasteiger partial charge < -0.3 is 4.74 Å². The molecule has 0 N–H and O–H groups in total. The highest BCUT2D eigenvalue weighted by Crippen LogP contribution is 2.26. The molecule has 0 aromatic rings. The molecule has 1 aliphatic rings. The average Bonchev–Trinajstić information content (AvgIpc) is 2.88. The van der Waals surface area contributed by atoms with E-state index in [2.05, 4.69) is 4.90 Å². The summed E-state index contributed by atoms with van der Waals surface area (Å²) < 4.78 is 5.06. The highest BCUT2D eigenvalue weighted by molar-refractivity contribution is 6.17. The Kier molecular flexibility index (Phi) is 4.96. The van der Waals surface area contributed by atoms with E-state index in [4.69, 9.17) is 16.3 Å². The third-order valence-corrected chi connectivity index (χ3v) is 2.49. The monoisotopic (exact) mass is 191 g/mol. The maximum absolute atomic E-state index is 5.65. The fraction of sp³-hybridized carbons (Fsp3) is 1.00. The van der Waals surface area contributed by atoms with Crippen molar-refractivity contribution in [3.63, 3.8) is 0 Å². The third kappa shape index (κ3) is 3.74.